The van der Waals surface area contributed by atoms with Crippen LogP contribution in [0.15, 0.2) is 57.9 Å². The Kier molecular flexibility index (Phi) is 6.18. The van der Waals surface area contributed by atoms with Gasteiger partial charge in [-0.1, -0.05) is 12.1 Å². The Morgan fingerprint density at radius 2 is 1.89 bits per heavy atom. The number of sulfonamides is 1. The van der Waals surface area contributed by atoms with E-state index in [-0.39, 0.29) is 23.3 Å². The van der Waals surface area contributed by atoms with Crippen molar-refractivity contribution < 1.29 is 17.9 Å². The van der Waals surface area contributed by atoms with E-state index in [4.69, 9.17) is 4.74 Å². The normalized spacial score (nSPS) is 18.1. The fourth-order valence-electron chi connectivity index (χ4n) is 3.07. The van der Waals surface area contributed by atoms with Gasteiger partial charge in [0, 0.05) is 17.6 Å². The van der Waals surface area contributed by atoms with Crippen LogP contribution in [0.5, 0.6) is 5.75 Å². The number of ether oxygens (including phenoxy) is 1. The van der Waals surface area contributed by atoms with Crippen LogP contribution in [-0.2, 0) is 14.8 Å². The predicted molar refractivity (Wildman–Crippen MR) is 107 cm³/mol. The highest BCUT2D eigenvalue weighted by Gasteiger charge is 2.33. The second kappa shape index (κ2) is 8.41. The summed E-state index contributed by atoms with van der Waals surface area (Å²) < 4.78 is 33.1. The van der Waals surface area contributed by atoms with E-state index in [1.165, 1.54) is 23.5 Å². The van der Waals surface area contributed by atoms with Gasteiger partial charge in [0.05, 0.1) is 23.6 Å². The van der Waals surface area contributed by atoms with Crippen LogP contribution in [0.3, 0.4) is 0 Å². The van der Waals surface area contributed by atoms with Crippen LogP contribution < -0.4 is 10.1 Å². The molecule has 1 atom stereocenters. The summed E-state index contributed by atoms with van der Waals surface area (Å²) in [5.41, 5.74) is 0.678. The minimum absolute atomic E-state index is 0.170. The molecule has 3 rings (SSSR count). The van der Waals surface area contributed by atoms with Crippen molar-refractivity contribution in [3.8, 4) is 5.75 Å². The first kappa shape index (κ1) is 19.9. The molecule has 27 heavy (non-hydrogen) atoms. The molecule has 0 saturated carbocycles. The van der Waals surface area contributed by atoms with Crippen LogP contribution in [-0.4, -0.2) is 38.8 Å². The number of para-hydroxylation sites is 1. The summed E-state index contributed by atoms with van der Waals surface area (Å²) in [4.78, 5) is 12.8. The third kappa shape index (κ3) is 4.51. The number of rotatable bonds is 5. The van der Waals surface area contributed by atoms with Crippen molar-refractivity contribution in [2.45, 2.75) is 17.7 Å². The number of benzene rings is 2. The first-order valence-electron chi connectivity index (χ1n) is 8.61. The molecule has 0 radical (unpaired) electrons. The summed E-state index contributed by atoms with van der Waals surface area (Å²) in [5.74, 6) is 0.0358. The number of halogens is 1. The topological polar surface area (TPSA) is 75.7 Å². The van der Waals surface area contributed by atoms with Gasteiger partial charge in [-0.15, -0.1) is 0 Å². The number of carbonyl (C=O) groups is 1. The van der Waals surface area contributed by atoms with E-state index in [1.54, 1.807) is 18.2 Å². The van der Waals surface area contributed by atoms with E-state index >= 15 is 0 Å². The molecule has 144 valence electrons. The fourth-order valence-corrected chi connectivity index (χ4v) is 4.98. The van der Waals surface area contributed by atoms with Gasteiger partial charge in [-0.2, -0.15) is 4.31 Å². The molecule has 0 aromatic heterocycles. The highest BCUT2D eigenvalue weighted by molar-refractivity contribution is 9.10. The average molecular weight is 453 g/mol. The Balaban J connectivity index is 1.72. The number of hydrogen-bond acceptors (Lipinski definition) is 4. The summed E-state index contributed by atoms with van der Waals surface area (Å²) in [6.45, 7) is 0.581. The van der Waals surface area contributed by atoms with E-state index in [9.17, 15) is 13.2 Å². The van der Waals surface area contributed by atoms with E-state index < -0.39 is 10.0 Å². The monoisotopic (exact) mass is 452 g/mol. The van der Waals surface area contributed by atoms with Crippen molar-refractivity contribution in [1.82, 2.24) is 4.31 Å². The average Bonchev–Trinajstić information content (AvgIpc) is 2.70. The lowest BCUT2D eigenvalue weighted by atomic mass is 9.99. The number of methoxy groups -OCH3 is 1. The third-order valence-corrected chi connectivity index (χ3v) is 7.15. The Hall–Kier alpha value is -1.90. The van der Waals surface area contributed by atoms with Crippen molar-refractivity contribution in [2.24, 2.45) is 5.92 Å². The van der Waals surface area contributed by atoms with Crippen molar-refractivity contribution in [3.05, 3.63) is 53.0 Å². The maximum absolute atomic E-state index is 12.9. The molecule has 6 nitrogen and oxygen atoms in total. The van der Waals surface area contributed by atoms with Crippen molar-refractivity contribution in [2.75, 3.05) is 25.5 Å². The van der Waals surface area contributed by atoms with Crippen LogP contribution in [0.1, 0.15) is 12.8 Å². The molecule has 1 amide bonds. The largest absolute Gasteiger partial charge is 0.497 e. The molecule has 0 spiro atoms. The van der Waals surface area contributed by atoms with Gasteiger partial charge in [0.15, 0.2) is 0 Å². The van der Waals surface area contributed by atoms with E-state index in [0.717, 1.165) is 4.47 Å². The Morgan fingerprint density at radius 3 is 2.56 bits per heavy atom. The Labute approximate surface area is 167 Å². The molecule has 1 fully saturated rings. The number of nitrogens with zero attached hydrogens (tertiary/aromatic N) is 1. The number of amides is 1. The summed E-state index contributed by atoms with van der Waals surface area (Å²) in [7, 11) is -2.12. The van der Waals surface area contributed by atoms with Crippen molar-refractivity contribution in [3.63, 3.8) is 0 Å². The van der Waals surface area contributed by atoms with Crippen LogP contribution >= 0.6 is 15.9 Å². The lowest BCUT2D eigenvalue weighted by Gasteiger charge is -2.31. The second-order valence-electron chi connectivity index (χ2n) is 6.35. The summed E-state index contributed by atoms with van der Waals surface area (Å²) in [6.07, 6.45) is 1.30. The van der Waals surface area contributed by atoms with Gasteiger partial charge in [0.1, 0.15) is 5.75 Å². The first-order chi connectivity index (χ1) is 12.9. The van der Waals surface area contributed by atoms with E-state index in [1.807, 2.05) is 18.2 Å². The summed E-state index contributed by atoms with van der Waals surface area (Å²) in [6, 6.07) is 13.6. The van der Waals surface area contributed by atoms with Crippen LogP contribution in [0.4, 0.5) is 5.69 Å². The lowest BCUT2D eigenvalue weighted by Crippen LogP contribution is -2.43. The Bertz CT molecular complexity index is 916. The lowest BCUT2D eigenvalue weighted by molar-refractivity contribution is -0.120. The van der Waals surface area contributed by atoms with E-state index in [0.29, 0.717) is 30.8 Å². The van der Waals surface area contributed by atoms with E-state index in [2.05, 4.69) is 21.2 Å². The van der Waals surface area contributed by atoms with Crippen molar-refractivity contribution >= 4 is 37.5 Å². The third-order valence-electron chi connectivity index (χ3n) is 4.58. The zero-order valence-corrected chi connectivity index (χ0v) is 17.3. The number of carbonyl (C=O) groups excluding carboxylic acids is 1. The molecule has 1 aliphatic heterocycles. The maximum Gasteiger partial charge on any atom is 0.243 e. The van der Waals surface area contributed by atoms with Gasteiger partial charge in [0.2, 0.25) is 15.9 Å². The SMILES string of the molecule is COc1ccc(S(=O)(=O)N2CCC[C@@H](C(=O)Nc3ccccc3Br)C2)cc1. The maximum atomic E-state index is 12.9. The zero-order chi connectivity index (χ0) is 19.4. The number of nitrogens with one attached hydrogen (secondary N) is 1. The zero-order valence-electron chi connectivity index (χ0n) is 14.9. The number of anilines is 1. The standard InChI is InChI=1S/C19H21BrN2O4S/c1-26-15-8-10-16(11-9-15)27(24,25)22-12-4-5-14(13-22)19(23)21-18-7-3-2-6-17(18)20/h2-3,6-11,14H,4-5,12-13H2,1H3,(H,21,23)/t14-/m1/s1. The molecule has 8 heteroatoms. The molecule has 2 aromatic carbocycles. The first-order valence-corrected chi connectivity index (χ1v) is 10.8. The molecule has 2 aromatic rings. The second-order valence-corrected chi connectivity index (χ2v) is 9.14. The van der Waals surface area contributed by atoms with Gasteiger partial charge in [-0.25, -0.2) is 8.42 Å². The molecule has 0 bridgehead atoms. The minimum atomic E-state index is -3.65. The molecule has 0 aliphatic carbocycles. The van der Waals surface area contributed by atoms with Gasteiger partial charge in [0.25, 0.3) is 0 Å². The quantitative estimate of drug-likeness (QED) is 0.752. The van der Waals surface area contributed by atoms with Crippen LogP contribution in [0.2, 0.25) is 0 Å². The van der Waals surface area contributed by atoms with Gasteiger partial charge >= 0.3 is 0 Å². The molecule has 1 N–H and O–H groups in total. The van der Waals surface area contributed by atoms with Gasteiger partial charge < -0.3 is 10.1 Å². The molecule has 1 aliphatic rings. The molecular weight excluding hydrogens is 432 g/mol. The van der Waals surface area contributed by atoms with Gasteiger partial charge in [-0.3, -0.25) is 4.79 Å². The van der Waals surface area contributed by atoms with Crippen LogP contribution in [0, 0.1) is 5.92 Å². The Morgan fingerprint density at radius 1 is 1.19 bits per heavy atom. The molecule has 1 heterocycles. The minimum Gasteiger partial charge on any atom is -0.497 e. The van der Waals surface area contributed by atoms with Crippen LogP contribution in [0.25, 0.3) is 0 Å². The number of piperidine rings is 1. The highest BCUT2D eigenvalue weighted by Crippen LogP contribution is 2.27. The smallest absolute Gasteiger partial charge is 0.243 e. The molecule has 1 saturated heterocycles. The van der Waals surface area contributed by atoms with Crippen molar-refractivity contribution in [1.29, 1.82) is 0 Å². The van der Waals surface area contributed by atoms with Gasteiger partial charge in [-0.05, 0) is 65.2 Å². The summed E-state index contributed by atoms with van der Waals surface area (Å²) in [5, 5.41) is 2.88. The molecule has 0 unspecified atom stereocenters. The summed E-state index contributed by atoms with van der Waals surface area (Å²) >= 11 is 3.40. The highest BCUT2D eigenvalue weighted by atomic mass is 79.9. The number of hydrogen-bond donors (Lipinski definition) is 1. The fraction of sp³-hybridized carbons (Fsp3) is 0.316. The predicted octanol–water partition coefficient (Wildman–Crippen LogP) is 3.50. The molecular formula is C19H21BrN2O4S.